The van der Waals surface area contributed by atoms with Crippen molar-refractivity contribution >= 4 is 35.7 Å². The van der Waals surface area contributed by atoms with Crippen molar-refractivity contribution in [3.05, 3.63) is 0 Å². The summed E-state index contributed by atoms with van der Waals surface area (Å²) in [6.45, 7) is 2.90. The van der Waals surface area contributed by atoms with Crippen LogP contribution in [0.15, 0.2) is 0 Å². The van der Waals surface area contributed by atoms with Crippen LogP contribution < -0.4 is 86.1 Å². The predicted octanol–water partition coefficient (Wildman–Crippen LogP) is -14.0. The molecule has 0 aromatic carbocycles. The van der Waals surface area contributed by atoms with E-state index in [1.165, 1.54) is 0 Å². The van der Waals surface area contributed by atoms with Crippen LogP contribution in [-0.2, 0) is 47.7 Å². The quantitative estimate of drug-likeness (QED) is 0.0940. The average Bonchev–Trinajstić information content (AvgIpc) is 2.94. The monoisotopic (exact) mass is 668 g/mol. The predicted molar refractivity (Wildman–Crippen MR) is 153 cm³/mol. The molecule has 0 aliphatic carbocycles. The molecule has 6 N–H and O–H groups in total. The summed E-state index contributed by atoms with van der Waals surface area (Å²) < 4.78 is 22.3. The Kier molecular flexibility index (Phi) is 37.1. The number of nitrogens with zero attached hydrogens (tertiary/aromatic N) is 2. The first-order valence-corrected chi connectivity index (χ1v) is 14.2. The van der Waals surface area contributed by atoms with Crippen molar-refractivity contribution in [3.63, 3.8) is 0 Å². The molecule has 0 spiro atoms. The summed E-state index contributed by atoms with van der Waals surface area (Å²) in [4.78, 5) is 72.7. The maximum absolute atomic E-state index is 12.5. The number of hydrogen-bond donors (Lipinski definition) is 6. The van der Waals surface area contributed by atoms with Crippen molar-refractivity contribution in [2.75, 3.05) is 92.1 Å². The average molecular weight is 668 g/mol. The van der Waals surface area contributed by atoms with Gasteiger partial charge < -0.3 is 55.7 Å². The Morgan fingerprint density at radius 1 is 0.521 bits per heavy atom. The summed E-state index contributed by atoms with van der Waals surface area (Å²) in [6, 6.07) is -2.65. The second-order valence-corrected chi connectivity index (χ2v) is 9.78. The van der Waals surface area contributed by atoms with Gasteiger partial charge in [-0.25, -0.2) is 9.59 Å². The zero-order chi connectivity index (χ0) is 32.7. The van der Waals surface area contributed by atoms with Gasteiger partial charge in [-0.1, -0.05) is 0 Å². The van der Waals surface area contributed by atoms with Crippen molar-refractivity contribution in [1.29, 1.82) is 0 Å². The number of carbonyl (C=O) groups excluding carboxylic acids is 2. The van der Waals surface area contributed by atoms with Crippen LogP contribution in [-0.4, -0.2) is 170 Å². The molecule has 1 saturated heterocycles. The molecule has 0 aromatic heterocycles. The third-order valence-corrected chi connectivity index (χ3v) is 6.25. The SMILES string of the molecule is O=C(O)CCC(NC(=O)CN1CCOCCOCCN(CC(=O)NC(CCC(=O)O)C(=O)O)CCOCCOCC1)C(=O)O.[H-].[H-].[H-].[H-].[Li+].[Li+].[Li+].[Li+]. The minimum absolute atomic E-state index is 0. The molecular weight excluding hydrogens is 620 g/mol. The fourth-order valence-electron chi connectivity index (χ4n) is 3.89. The molecule has 0 radical (unpaired) electrons. The number of amides is 2. The van der Waals surface area contributed by atoms with Crippen LogP contribution in [0.4, 0.5) is 0 Å². The van der Waals surface area contributed by atoms with E-state index < -0.39 is 60.6 Å². The summed E-state index contributed by atoms with van der Waals surface area (Å²) in [7, 11) is 0. The van der Waals surface area contributed by atoms with Crippen molar-refractivity contribution in [2.45, 2.75) is 37.8 Å². The van der Waals surface area contributed by atoms with Gasteiger partial charge in [0.15, 0.2) is 0 Å². The second-order valence-electron chi connectivity index (χ2n) is 9.78. The third-order valence-electron chi connectivity index (χ3n) is 6.25. The summed E-state index contributed by atoms with van der Waals surface area (Å²) in [5, 5.41) is 40.8. The standard InChI is InChI=1S/C26H44N4O14.4Li.4H/c31-21(27-19(25(37)38)1-3-23(33)34)17-29-5-9-41-13-15-43-11-7-30(8-12-44-16-14-42-10-6-29)18-22(32)28-20(26(39)40)2-4-24(35)36;;;;;;;;/h19-20H,1-18H2,(H,27,31)(H,28,32)(H,33,34)(H,35,36)(H,37,38)(H,39,40);;;;;;;;/q;4*+1;4*-1. The van der Waals surface area contributed by atoms with Crippen LogP contribution in [0.1, 0.15) is 31.4 Å². The fourth-order valence-corrected chi connectivity index (χ4v) is 3.89. The Bertz CT molecular complexity index is 869. The van der Waals surface area contributed by atoms with Crippen molar-refractivity contribution in [3.8, 4) is 0 Å². The normalized spacial score (nSPS) is 17.0. The molecule has 260 valence electrons. The maximum Gasteiger partial charge on any atom is 1.00 e. The first-order chi connectivity index (χ1) is 21.0. The first kappa shape index (κ1) is 53.8. The molecule has 0 bridgehead atoms. The summed E-state index contributed by atoms with van der Waals surface area (Å²) in [5.74, 6) is -6.12. The van der Waals surface area contributed by atoms with Crippen LogP contribution in [0.3, 0.4) is 0 Å². The molecule has 1 heterocycles. The number of carboxylic acids is 4. The van der Waals surface area contributed by atoms with E-state index in [-0.39, 0.29) is 160 Å². The maximum atomic E-state index is 12.5. The molecule has 18 nitrogen and oxygen atoms in total. The van der Waals surface area contributed by atoms with Gasteiger partial charge in [0.2, 0.25) is 11.8 Å². The van der Waals surface area contributed by atoms with Crippen molar-refractivity contribution in [2.24, 2.45) is 0 Å². The fraction of sp³-hybridized carbons (Fsp3) is 0.769. The molecule has 1 fully saturated rings. The van der Waals surface area contributed by atoms with E-state index in [2.05, 4.69) is 10.6 Å². The summed E-state index contributed by atoms with van der Waals surface area (Å²) in [6.07, 6.45) is -1.28. The molecule has 1 aliphatic heterocycles. The largest absolute Gasteiger partial charge is 1.00 e. The van der Waals surface area contributed by atoms with Crippen LogP contribution in [0, 0.1) is 0 Å². The van der Waals surface area contributed by atoms with Crippen LogP contribution in [0.5, 0.6) is 0 Å². The summed E-state index contributed by atoms with van der Waals surface area (Å²) in [5.41, 5.74) is 0. The van der Waals surface area contributed by atoms with Gasteiger partial charge in [0.25, 0.3) is 0 Å². The molecular formula is C26H48Li4N4O14. The number of nitrogens with one attached hydrogen (secondary N) is 2. The van der Waals surface area contributed by atoms with E-state index >= 15 is 0 Å². The van der Waals surface area contributed by atoms with Gasteiger partial charge in [0.1, 0.15) is 12.1 Å². The zero-order valence-electron chi connectivity index (χ0n) is 32.6. The minimum Gasteiger partial charge on any atom is -1.00 e. The molecule has 22 heteroatoms. The summed E-state index contributed by atoms with van der Waals surface area (Å²) >= 11 is 0. The van der Waals surface area contributed by atoms with Crippen LogP contribution >= 0.6 is 0 Å². The zero-order valence-corrected chi connectivity index (χ0v) is 28.6. The Morgan fingerprint density at radius 2 is 0.792 bits per heavy atom. The van der Waals surface area contributed by atoms with E-state index in [1.807, 2.05) is 0 Å². The molecule has 1 rings (SSSR count). The number of carboxylic acid groups (broad SMARTS) is 4. The molecule has 2 amide bonds. The first-order valence-electron chi connectivity index (χ1n) is 14.2. The van der Waals surface area contributed by atoms with Gasteiger partial charge in [-0.15, -0.1) is 0 Å². The molecule has 0 aromatic rings. The number of ether oxygens (including phenoxy) is 4. The second kappa shape index (κ2) is 33.1. The van der Waals surface area contributed by atoms with Crippen LogP contribution in [0.2, 0.25) is 0 Å². The van der Waals surface area contributed by atoms with Gasteiger partial charge >= 0.3 is 99.3 Å². The van der Waals surface area contributed by atoms with Gasteiger partial charge in [0.05, 0.1) is 65.9 Å². The van der Waals surface area contributed by atoms with E-state index in [1.54, 1.807) is 9.80 Å². The molecule has 1 aliphatic rings. The van der Waals surface area contributed by atoms with E-state index in [4.69, 9.17) is 29.2 Å². The molecule has 2 atom stereocenters. The van der Waals surface area contributed by atoms with Crippen molar-refractivity contribution in [1.82, 2.24) is 20.4 Å². The molecule has 0 saturated carbocycles. The molecule has 48 heavy (non-hydrogen) atoms. The number of carbonyl (C=O) groups is 6. The molecule has 2 unspecified atom stereocenters. The number of hydrogen-bond acceptors (Lipinski definition) is 12. The Morgan fingerprint density at radius 3 is 1.02 bits per heavy atom. The third kappa shape index (κ3) is 28.8. The Hall–Kier alpha value is -1.03. The van der Waals surface area contributed by atoms with E-state index in [9.17, 15) is 39.0 Å². The Balaban J connectivity index is -0.000000403. The van der Waals surface area contributed by atoms with Gasteiger partial charge in [-0.3, -0.25) is 29.0 Å². The number of rotatable bonds is 14. The Labute approximate surface area is 333 Å². The van der Waals surface area contributed by atoms with E-state index in [0.29, 0.717) is 26.2 Å². The smallest absolute Gasteiger partial charge is 1.00 e. The topological polar surface area (TPSA) is 251 Å². The van der Waals surface area contributed by atoms with Crippen molar-refractivity contribution < 1.29 is 149 Å². The van der Waals surface area contributed by atoms with Gasteiger partial charge in [-0.05, 0) is 12.8 Å². The van der Waals surface area contributed by atoms with E-state index in [0.717, 1.165) is 0 Å². The number of aliphatic carboxylic acids is 4. The minimum atomic E-state index is -1.32. The van der Waals surface area contributed by atoms with Gasteiger partial charge in [0, 0.05) is 39.0 Å². The van der Waals surface area contributed by atoms with Gasteiger partial charge in [-0.2, -0.15) is 0 Å². The van der Waals surface area contributed by atoms with Crippen LogP contribution in [0.25, 0.3) is 0 Å².